The van der Waals surface area contributed by atoms with Gasteiger partial charge in [-0.3, -0.25) is 15.1 Å². The molecule has 0 spiro atoms. The smallest absolute Gasteiger partial charge is 0.257 e. The number of carbonyl (C=O) groups excluding carboxylic acids is 1. The lowest BCUT2D eigenvalue weighted by Crippen LogP contribution is -2.24. The zero-order valence-electron chi connectivity index (χ0n) is 15.1. The number of amides is 1. The average Bonchev–Trinajstić information content (AvgIpc) is 3.15. The van der Waals surface area contributed by atoms with Gasteiger partial charge in [-0.25, -0.2) is 4.98 Å². The summed E-state index contributed by atoms with van der Waals surface area (Å²) in [6.45, 7) is 1.82. The fraction of sp³-hybridized carbons (Fsp3) is 0.136. The highest BCUT2D eigenvalue weighted by Gasteiger charge is 2.14. The molecular weight excluding hydrogens is 368 g/mol. The van der Waals surface area contributed by atoms with Crippen molar-refractivity contribution >= 4 is 32.6 Å². The highest BCUT2D eigenvalue weighted by molar-refractivity contribution is 7.22. The van der Waals surface area contributed by atoms with Gasteiger partial charge in [0.05, 0.1) is 10.2 Å². The minimum Gasteiger partial charge on any atom is -0.312 e. The van der Waals surface area contributed by atoms with Crippen molar-refractivity contribution in [3.63, 3.8) is 0 Å². The summed E-state index contributed by atoms with van der Waals surface area (Å²) < 4.78 is 1.04. The van der Waals surface area contributed by atoms with Gasteiger partial charge in [0.15, 0.2) is 5.13 Å². The molecule has 0 fully saturated rings. The molecule has 1 aliphatic rings. The van der Waals surface area contributed by atoms with E-state index in [0.717, 1.165) is 40.9 Å². The summed E-state index contributed by atoms with van der Waals surface area (Å²) in [5.41, 5.74) is 6.30. The molecule has 2 N–H and O–H groups in total. The number of carbonyl (C=O) groups is 1. The summed E-state index contributed by atoms with van der Waals surface area (Å²) in [6, 6.07) is 16.0. The summed E-state index contributed by atoms with van der Waals surface area (Å²) in [7, 11) is 0. The first-order valence-corrected chi connectivity index (χ1v) is 10.0. The number of nitrogens with zero attached hydrogens (tertiary/aromatic N) is 2. The third-order valence-corrected chi connectivity index (χ3v) is 5.91. The van der Waals surface area contributed by atoms with E-state index in [1.54, 1.807) is 12.4 Å². The van der Waals surface area contributed by atoms with Gasteiger partial charge in [-0.2, -0.15) is 0 Å². The Balaban J connectivity index is 1.40. The van der Waals surface area contributed by atoms with Gasteiger partial charge >= 0.3 is 0 Å². The zero-order valence-corrected chi connectivity index (χ0v) is 15.9. The van der Waals surface area contributed by atoms with Crippen LogP contribution in [0.3, 0.4) is 0 Å². The minimum absolute atomic E-state index is 0.116. The quantitative estimate of drug-likeness (QED) is 0.552. The van der Waals surface area contributed by atoms with Crippen molar-refractivity contribution < 1.29 is 4.79 Å². The molecule has 3 heterocycles. The number of anilines is 1. The SMILES string of the molecule is O=C(Nc1nc2ccc(-c3ccncc3)cc2s1)c1ccc2c(c1)CCNC2. The molecule has 28 heavy (non-hydrogen) atoms. The summed E-state index contributed by atoms with van der Waals surface area (Å²) in [5, 5.41) is 6.92. The zero-order chi connectivity index (χ0) is 18.9. The second kappa shape index (κ2) is 7.14. The first kappa shape index (κ1) is 17.0. The normalized spacial score (nSPS) is 13.3. The van der Waals surface area contributed by atoms with E-state index in [1.807, 2.05) is 42.5 Å². The summed E-state index contributed by atoms with van der Waals surface area (Å²) in [4.78, 5) is 21.3. The van der Waals surface area contributed by atoms with Gasteiger partial charge in [0.25, 0.3) is 5.91 Å². The lowest BCUT2D eigenvalue weighted by molar-refractivity contribution is 0.102. The van der Waals surface area contributed by atoms with Crippen molar-refractivity contribution in [1.82, 2.24) is 15.3 Å². The maximum Gasteiger partial charge on any atom is 0.257 e. The van der Waals surface area contributed by atoms with Crippen LogP contribution in [-0.4, -0.2) is 22.4 Å². The third-order valence-electron chi connectivity index (χ3n) is 4.98. The first-order chi connectivity index (χ1) is 13.8. The van der Waals surface area contributed by atoms with Gasteiger partial charge in [-0.15, -0.1) is 0 Å². The number of hydrogen-bond donors (Lipinski definition) is 2. The van der Waals surface area contributed by atoms with Crippen LogP contribution in [0.1, 0.15) is 21.5 Å². The van der Waals surface area contributed by atoms with Gasteiger partial charge in [-0.05, 0) is 71.6 Å². The molecule has 0 saturated heterocycles. The number of pyridine rings is 1. The van der Waals surface area contributed by atoms with E-state index < -0.39 is 0 Å². The first-order valence-electron chi connectivity index (χ1n) is 9.21. The van der Waals surface area contributed by atoms with Crippen LogP contribution in [0, 0.1) is 0 Å². The van der Waals surface area contributed by atoms with Crippen LogP contribution in [-0.2, 0) is 13.0 Å². The van der Waals surface area contributed by atoms with Crippen LogP contribution in [0.25, 0.3) is 21.3 Å². The van der Waals surface area contributed by atoms with Crippen molar-refractivity contribution in [3.05, 3.63) is 77.6 Å². The molecule has 1 amide bonds. The number of benzene rings is 2. The molecular formula is C22H18N4OS. The Hall–Kier alpha value is -3.09. The highest BCUT2D eigenvalue weighted by Crippen LogP contribution is 2.30. The van der Waals surface area contributed by atoms with Gasteiger partial charge in [0.1, 0.15) is 0 Å². The molecule has 4 aromatic rings. The van der Waals surface area contributed by atoms with Crippen LogP contribution in [0.4, 0.5) is 5.13 Å². The lowest BCUT2D eigenvalue weighted by atomic mass is 9.98. The predicted molar refractivity (Wildman–Crippen MR) is 113 cm³/mol. The summed E-state index contributed by atoms with van der Waals surface area (Å²) in [6.07, 6.45) is 4.52. The Morgan fingerprint density at radius 3 is 2.79 bits per heavy atom. The Kier molecular flexibility index (Phi) is 4.35. The molecule has 0 radical (unpaired) electrons. The molecule has 2 aromatic heterocycles. The van der Waals surface area contributed by atoms with Crippen molar-refractivity contribution in [2.75, 3.05) is 11.9 Å². The monoisotopic (exact) mass is 386 g/mol. The Morgan fingerprint density at radius 2 is 1.89 bits per heavy atom. The highest BCUT2D eigenvalue weighted by atomic mass is 32.1. The van der Waals surface area contributed by atoms with Crippen LogP contribution in [0.15, 0.2) is 60.9 Å². The van der Waals surface area contributed by atoms with E-state index in [0.29, 0.717) is 10.7 Å². The van der Waals surface area contributed by atoms with Crippen molar-refractivity contribution in [2.24, 2.45) is 0 Å². The van der Waals surface area contributed by atoms with Crippen LogP contribution in [0.2, 0.25) is 0 Å². The molecule has 0 unspecified atom stereocenters. The largest absolute Gasteiger partial charge is 0.312 e. The van der Waals surface area contributed by atoms with E-state index in [-0.39, 0.29) is 5.91 Å². The van der Waals surface area contributed by atoms with Crippen LogP contribution >= 0.6 is 11.3 Å². The molecule has 0 bridgehead atoms. The van der Waals surface area contributed by atoms with E-state index in [9.17, 15) is 4.79 Å². The molecule has 5 rings (SSSR count). The molecule has 138 valence electrons. The second-order valence-electron chi connectivity index (χ2n) is 6.80. The molecule has 5 nitrogen and oxygen atoms in total. The number of aromatic nitrogens is 2. The van der Waals surface area contributed by atoms with Crippen LogP contribution in [0.5, 0.6) is 0 Å². The Bertz CT molecular complexity index is 1170. The third kappa shape index (κ3) is 3.28. The fourth-order valence-electron chi connectivity index (χ4n) is 3.49. The van der Waals surface area contributed by atoms with Crippen molar-refractivity contribution in [3.8, 4) is 11.1 Å². The van der Waals surface area contributed by atoms with Gasteiger partial charge in [-0.1, -0.05) is 23.5 Å². The fourth-order valence-corrected chi connectivity index (χ4v) is 4.39. The van der Waals surface area contributed by atoms with E-state index >= 15 is 0 Å². The van der Waals surface area contributed by atoms with Crippen LogP contribution < -0.4 is 10.6 Å². The maximum atomic E-state index is 12.7. The number of thiazole rings is 1. The Labute approximate surface area is 166 Å². The maximum absolute atomic E-state index is 12.7. The molecule has 0 aliphatic carbocycles. The molecule has 6 heteroatoms. The topological polar surface area (TPSA) is 66.9 Å². The molecule has 2 aromatic carbocycles. The van der Waals surface area contributed by atoms with Crippen molar-refractivity contribution in [2.45, 2.75) is 13.0 Å². The summed E-state index contributed by atoms with van der Waals surface area (Å²) in [5.74, 6) is -0.116. The second-order valence-corrected chi connectivity index (χ2v) is 7.83. The lowest BCUT2D eigenvalue weighted by Gasteiger charge is -2.17. The predicted octanol–water partition coefficient (Wildman–Crippen LogP) is 4.26. The van der Waals surface area contributed by atoms with E-state index in [4.69, 9.17) is 0 Å². The van der Waals surface area contributed by atoms with Crippen molar-refractivity contribution in [1.29, 1.82) is 0 Å². The van der Waals surface area contributed by atoms with E-state index in [2.05, 4.69) is 26.7 Å². The standard InChI is InChI=1S/C22H18N4OS/c27-21(17-1-2-18-13-24-10-7-16(18)11-17)26-22-25-19-4-3-15(12-20(19)28-22)14-5-8-23-9-6-14/h1-6,8-9,11-12,24H,7,10,13H2,(H,25,26,27). The average molecular weight is 386 g/mol. The minimum atomic E-state index is -0.116. The summed E-state index contributed by atoms with van der Waals surface area (Å²) >= 11 is 1.49. The molecule has 1 aliphatic heterocycles. The number of fused-ring (bicyclic) bond motifs is 2. The van der Waals surface area contributed by atoms with E-state index in [1.165, 1.54) is 22.5 Å². The van der Waals surface area contributed by atoms with Gasteiger partial charge in [0.2, 0.25) is 0 Å². The molecule has 0 atom stereocenters. The number of nitrogens with one attached hydrogen (secondary N) is 2. The number of hydrogen-bond acceptors (Lipinski definition) is 5. The Morgan fingerprint density at radius 1 is 1.00 bits per heavy atom. The van der Waals surface area contributed by atoms with Gasteiger partial charge < -0.3 is 5.32 Å². The van der Waals surface area contributed by atoms with Gasteiger partial charge in [0, 0.05) is 24.5 Å². The molecule has 0 saturated carbocycles. The number of rotatable bonds is 3.